The normalized spacial score (nSPS) is 26.9. The molecule has 5 rings (SSSR count). The second kappa shape index (κ2) is 9.28. The van der Waals surface area contributed by atoms with Gasteiger partial charge < -0.3 is 19.9 Å². The molecule has 1 aliphatic carbocycles. The van der Waals surface area contributed by atoms with Crippen molar-refractivity contribution in [2.45, 2.75) is 63.1 Å². The number of nitrogens with one attached hydrogen (secondary N) is 2. The highest BCUT2D eigenvalue weighted by molar-refractivity contribution is 6.07. The summed E-state index contributed by atoms with van der Waals surface area (Å²) in [4.78, 5) is 24.0. The number of allylic oxidation sites excluding steroid dienone is 1. The molecule has 3 unspecified atom stereocenters. The van der Waals surface area contributed by atoms with Crippen molar-refractivity contribution < 1.29 is 4.79 Å². The number of carbonyl (C=O) groups excluding carboxylic acids is 1. The van der Waals surface area contributed by atoms with E-state index in [0.29, 0.717) is 0 Å². The third-order valence-corrected chi connectivity index (χ3v) is 7.13. The predicted molar refractivity (Wildman–Crippen MR) is 128 cm³/mol. The van der Waals surface area contributed by atoms with E-state index in [1.54, 1.807) is 4.81 Å². The molecule has 3 heterocycles. The SMILES string of the molecule is [B]N1CCCC1C(=O)NC1CC=C(c2ccc(-c3cnc(C4CCCN4[B])[nH]3)cc2)CC1. The highest BCUT2D eigenvalue weighted by Gasteiger charge is 2.29. The maximum absolute atomic E-state index is 12.5. The maximum atomic E-state index is 12.5. The third kappa shape index (κ3) is 4.44. The zero-order valence-electron chi connectivity index (χ0n) is 18.5. The van der Waals surface area contributed by atoms with Gasteiger partial charge in [-0.05, 0) is 74.7 Å². The zero-order chi connectivity index (χ0) is 22.1. The molecular formula is C24H29B2N5O. The third-order valence-electron chi connectivity index (χ3n) is 7.13. The van der Waals surface area contributed by atoms with Crippen molar-refractivity contribution in [2.24, 2.45) is 0 Å². The van der Waals surface area contributed by atoms with Gasteiger partial charge in [-0.3, -0.25) is 4.79 Å². The minimum atomic E-state index is -0.169. The number of carbonyl (C=O) groups is 1. The van der Waals surface area contributed by atoms with Crippen molar-refractivity contribution in [1.29, 1.82) is 0 Å². The number of rotatable bonds is 5. The fourth-order valence-electron chi connectivity index (χ4n) is 5.19. The summed E-state index contributed by atoms with van der Waals surface area (Å²) in [5, 5.41) is 3.19. The van der Waals surface area contributed by atoms with Crippen LogP contribution in [0.25, 0.3) is 16.8 Å². The van der Waals surface area contributed by atoms with Crippen LogP contribution in [0, 0.1) is 0 Å². The molecule has 0 spiro atoms. The largest absolute Gasteiger partial charge is 0.352 e. The standard InChI is InChI=1S/C24H29B2N5O/c25-30-13-1-3-21(30)23-27-15-20(29-23)18-7-5-16(6-8-18)17-9-11-19(12-10-17)28-24(32)22-4-2-14-31(22)26/h5-9,15,19,21-22H,1-4,10-14H2,(H,27,29)(H,28,32). The average Bonchev–Trinajstić information content (AvgIpc) is 3.55. The lowest BCUT2D eigenvalue weighted by atomic mass is 9.90. The first-order valence-corrected chi connectivity index (χ1v) is 11.8. The molecule has 1 aromatic heterocycles. The first-order chi connectivity index (χ1) is 15.6. The smallest absolute Gasteiger partial charge is 0.236 e. The van der Waals surface area contributed by atoms with Crippen molar-refractivity contribution in [3.63, 3.8) is 0 Å². The van der Waals surface area contributed by atoms with Crippen LogP contribution in [0.3, 0.4) is 0 Å². The Hall–Kier alpha value is -2.31. The van der Waals surface area contributed by atoms with Crippen LogP contribution in [0.15, 0.2) is 36.5 Å². The van der Waals surface area contributed by atoms with E-state index in [1.165, 1.54) is 11.1 Å². The Labute approximate surface area is 192 Å². The Morgan fingerprint density at radius 1 is 1.03 bits per heavy atom. The Kier molecular flexibility index (Phi) is 6.24. The number of benzene rings is 1. The van der Waals surface area contributed by atoms with Gasteiger partial charge >= 0.3 is 0 Å². The first-order valence-electron chi connectivity index (χ1n) is 11.8. The molecule has 2 aliphatic heterocycles. The van der Waals surface area contributed by atoms with E-state index in [1.807, 2.05) is 11.0 Å². The molecule has 0 saturated carbocycles. The fourth-order valence-corrected chi connectivity index (χ4v) is 5.19. The summed E-state index contributed by atoms with van der Waals surface area (Å²) in [5.74, 6) is 1.02. The van der Waals surface area contributed by atoms with Crippen molar-refractivity contribution in [1.82, 2.24) is 24.9 Å². The molecule has 3 atom stereocenters. The van der Waals surface area contributed by atoms with Gasteiger partial charge in [-0.25, -0.2) is 4.98 Å². The van der Waals surface area contributed by atoms with E-state index in [0.717, 1.165) is 75.1 Å². The molecule has 3 aliphatic rings. The lowest BCUT2D eigenvalue weighted by molar-refractivity contribution is -0.124. The second-order valence-corrected chi connectivity index (χ2v) is 9.26. The van der Waals surface area contributed by atoms with Gasteiger partial charge in [0.2, 0.25) is 5.91 Å². The van der Waals surface area contributed by atoms with Crippen LogP contribution in [-0.2, 0) is 4.79 Å². The van der Waals surface area contributed by atoms with Gasteiger partial charge in [0.25, 0.3) is 0 Å². The van der Waals surface area contributed by atoms with Crippen LogP contribution in [0.4, 0.5) is 0 Å². The average molecular weight is 425 g/mol. The van der Waals surface area contributed by atoms with E-state index in [-0.39, 0.29) is 24.0 Å². The van der Waals surface area contributed by atoms with E-state index < -0.39 is 0 Å². The van der Waals surface area contributed by atoms with E-state index in [2.05, 4.69) is 45.6 Å². The summed E-state index contributed by atoms with van der Waals surface area (Å²) >= 11 is 0. The molecule has 2 N–H and O–H groups in total. The number of H-pyrrole nitrogens is 1. The lowest BCUT2D eigenvalue weighted by Crippen LogP contribution is -2.46. The molecule has 2 saturated heterocycles. The summed E-state index contributed by atoms with van der Waals surface area (Å²) in [6, 6.07) is 8.86. The quantitative estimate of drug-likeness (QED) is 0.724. The monoisotopic (exact) mass is 425 g/mol. The number of aromatic amines is 1. The summed E-state index contributed by atoms with van der Waals surface area (Å²) in [6.45, 7) is 1.72. The van der Waals surface area contributed by atoms with Crippen LogP contribution >= 0.6 is 0 Å². The van der Waals surface area contributed by atoms with E-state index in [9.17, 15) is 4.79 Å². The molecule has 2 fully saturated rings. The molecular weight excluding hydrogens is 396 g/mol. The van der Waals surface area contributed by atoms with Gasteiger partial charge in [-0.15, -0.1) is 0 Å². The second-order valence-electron chi connectivity index (χ2n) is 9.26. The molecule has 2 aromatic rings. The van der Waals surface area contributed by atoms with Crippen molar-refractivity contribution in [3.05, 3.63) is 47.9 Å². The number of hydrogen-bond acceptors (Lipinski definition) is 4. The molecule has 4 radical (unpaired) electrons. The van der Waals surface area contributed by atoms with Gasteiger partial charge in [0.15, 0.2) is 16.0 Å². The van der Waals surface area contributed by atoms with Crippen LogP contribution < -0.4 is 5.32 Å². The van der Waals surface area contributed by atoms with Crippen LogP contribution in [0.5, 0.6) is 0 Å². The molecule has 6 nitrogen and oxygen atoms in total. The van der Waals surface area contributed by atoms with Gasteiger partial charge in [-0.2, -0.15) is 0 Å². The molecule has 1 amide bonds. The van der Waals surface area contributed by atoms with E-state index in [4.69, 9.17) is 16.0 Å². The topological polar surface area (TPSA) is 64.3 Å². The zero-order valence-corrected chi connectivity index (χ0v) is 18.5. The number of hydrogen-bond donors (Lipinski definition) is 2. The summed E-state index contributed by atoms with van der Waals surface area (Å²) in [7, 11) is 12.0. The number of amides is 1. The molecule has 162 valence electrons. The highest BCUT2D eigenvalue weighted by Crippen LogP contribution is 2.31. The Morgan fingerprint density at radius 2 is 1.78 bits per heavy atom. The van der Waals surface area contributed by atoms with Gasteiger partial charge in [0.1, 0.15) is 5.82 Å². The molecule has 0 bridgehead atoms. The van der Waals surface area contributed by atoms with Crippen LogP contribution in [-0.4, -0.2) is 66.6 Å². The molecule has 8 heteroatoms. The predicted octanol–water partition coefficient (Wildman–Crippen LogP) is 2.90. The minimum absolute atomic E-state index is 0.0745. The molecule has 1 aromatic carbocycles. The van der Waals surface area contributed by atoms with Gasteiger partial charge in [-0.1, -0.05) is 30.3 Å². The number of imidazole rings is 1. The Morgan fingerprint density at radius 3 is 2.44 bits per heavy atom. The number of aromatic nitrogens is 2. The Bertz CT molecular complexity index is 989. The van der Waals surface area contributed by atoms with Gasteiger partial charge in [0.05, 0.1) is 24.0 Å². The molecule has 32 heavy (non-hydrogen) atoms. The fraction of sp³-hybridized carbons (Fsp3) is 0.500. The Balaban J connectivity index is 1.19. The maximum Gasteiger partial charge on any atom is 0.236 e. The van der Waals surface area contributed by atoms with Crippen molar-refractivity contribution in [2.75, 3.05) is 13.1 Å². The number of nitrogens with zero attached hydrogens (tertiary/aromatic N) is 3. The van der Waals surface area contributed by atoms with Crippen molar-refractivity contribution in [3.8, 4) is 11.3 Å². The summed E-state index contributed by atoms with van der Waals surface area (Å²) < 4.78 is 0. The lowest BCUT2D eigenvalue weighted by Gasteiger charge is -2.26. The summed E-state index contributed by atoms with van der Waals surface area (Å²) in [5.41, 5.74) is 4.73. The minimum Gasteiger partial charge on any atom is -0.352 e. The summed E-state index contributed by atoms with van der Waals surface area (Å²) in [6.07, 6.45) is 10.9. The first kappa shape index (κ1) is 21.5. The van der Waals surface area contributed by atoms with Crippen molar-refractivity contribution >= 4 is 27.4 Å². The highest BCUT2D eigenvalue weighted by atomic mass is 16.2. The van der Waals surface area contributed by atoms with Crippen LogP contribution in [0.2, 0.25) is 0 Å². The van der Waals surface area contributed by atoms with Crippen LogP contribution in [0.1, 0.15) is 62.4 Å². The van der Waals surface area contributed by atoms with E-state index >= 15 is 0 Å². The van der Waals surface area contributed by atoms with Gasteiger partial charge in [0, 0.05) is 6.04 Å².